The number of nitrogens with zero attached hydrogens (tertiary/aromatic N) is 1. The zero-order valence-electron chi connectivity index (χ0n) is 14.4. The van der Waals surface area contributed by atoms with E-state index in [-0.39, 0.29) is 17.9 Å². The second kappa shape index (κ2) is 7.25. The fourth-order valence-corrected chi connectivity index (χ4v) is 4.52. The third-order valence-corrected chi connectivity index (χ3v) is 5.88. The van der Waals surface area contributed by atoms with Gasteiger partial charge in [0.05, 0.1) is 16.6 Å². The summed E-state index contributed by atoms with van der Waals surface area (Å²) in [5.41, 5.74) is 7.75. The van der Waals surface area contributed by atoms with Crippen LogP contribution in [0.1, 0.15) is 25.0 Å². The average molecular weight is 372 g/mol. The second-order valence-electron chi connectivity index (χ2n) is 7.18. The van der Waals surface area contributed by atoms with Crippen LogP contribution in [0.15, 0.2) is 42.6 Å². The molecule has 5 nitrogen and oxygen atoms in total. The maximum atomic E-state index is 12.6. The van der Waals surface area contributed by atoms with Crippen molar-refractivity contribution in [3.63, 3.8) is 0 Å². The van der Waals surface area contributed by atoms with E-state index in [0.717, 1.165) is 25.0 Å². The van der Waals surface area contributed by atoms with Crippen LogP contribution >= 0.6 is 11.6 Å². The molecule has 4 rings (SSSR count). The Morgan fingerprint density at radius 2 is 2.12 bits per heavy atom. The first kappa shape index (κ1) is 17.3. The molecule has 1 aromatic heterocycles. The van der Waals surface area contributed by atoms with Crippen molar-refractivity contribution in [2.75, 3.05) is 5.32 Å². The molecule has 1 amide bonds. The van der Waals surface area contributed by atoms with E-state index in [4.69, 9.17) is 22.1 Å². The molecule has 4 atom stereocenters. The Hall–Kier alpha value is -2.11. The quantitative estimate of drug-likeness (QED) is 0.841. The molecule has 2 bridgehead atoms. The van der Waals surface area contributed by atoms with Gasteiger partial charge in [-0.3, -0.25) is 9.78 Å². The Kier molecular flexibility index (Phi) is 4.83. The molecule has 26 heavy (non-hydrogen) atoms. The Labute approximate surface area is 157 Å². The molecule has 1 aromatic carbocycles. The van der Waals surface area contributed by atoms with Crippen LogP contribution in [0.4, 0.5) is 5.69 Å². The Bertz CT molecular complexity index is 797. The first-order chi connectivity index (χ1) is 12.6. The number of rotatable bonds is 5. The number of ether oxygens (including phenoxy) is 1. The van der Waals surface area contributed by atoms with Gasteiger partial charge in [0.15, 0.2) is 0 Å². The van der Waals surface area contributed by atoms with Crippen LogP contribution < -0.4 is 15.8 Å². The van der Waals surface area contributed by atoms with Crippen LogP contribution in [-0.2, 0) is 11.4 Å². The first-order valence-electron chi connectivity index (χ1n) is 9.00. The standard InChI is InChI=1S/C20H22ClN3O2/c21-16-10-14(6-7-17(16)26-11-15-3-1-2-8-23-15)24-20(25)18-12-4-5-13(9-12)19(18)22/h1-3,6-8,10,12-13,18-19H,4-5,9,11,22H2,(H,24,25). The highest BCUT2D eigenvalue weighted by atomic mass is 35.5. The van der Waals surface area contributed by atoms with Gasteiger partial charge < -0.3 is 15.8 Å². The summed E-state index contributed by atoms with van der Waals surface area (Å²) in [6, 6.07) is 10.9. The summed E-state index contributed by atoms with van der Waals surface area (Å²) in [5.74, 6) is 1.40. The van der Waals surface area contributed by atoms with E-state index in [1.165, 1.54) is 0 Å². The van der Waals surface area contributed by atoms with E-state index in [1.54, 1.807) is 24.4 Å². The molecule has 0 saturated heterocycles. The third kappa shape index (κ3) is 3.41. The number of aromatic nitrogens is 1. The van der Waals surface area contributed by atoms with Crippen LogP contribution in [0.2, 0.25) is 5.02 Å². The molecule has 0 radical (unpaired) electrons. The van der Waals surface area contributed by atoms with Crippen LogP contribution in [0, 0.1) is 17.8 Å². The molecular formula is C20H22ClN3O2. The summed E-state index contributed by atoms with van der Waals surface area (Å²) in [5, 5.41) is 3.42. The molecule has 3 N–H and O–H groups in total. The van der Waals surface area contributed by atoms with Gasteiger partial charge in [-0.2, -0.15) is 0 Å². The molecule has 6 heteroatoms. The molecule has 4 unspecified atom stereocenters. The number of pyridine rings is 1. The highest BCUT2D eigenvalue weighted by molar-refractivity contribution is 6.32. The largest absolute Gasteiger partial charge is 0.486 e. The fraction of sp³-hybridized carbons (Fsp3) is 0.400. The molecule has 0 spiro atoms. The fourth-order valence-electron chi connectivity index (χ4n) is 4.28. The van der Waals surface area contributed by atoms with Gasteiger partial charge in [-0.1, -0.05) is 17.7 Å². The summed E-state index contributed by atoms with van der Waals surface area (Å²) in [6.07, 6.45) is 5.07. The summed E-state index contributed by atoms with van der Waals surface area (Å²) < 4.78 is 5.71. The molecule has 2 aliphatic carbocycles. The molecular weight excluding hydrogens is 350 g/mol. The highest BCUT2D eigenvalue weighted by Gasteiger charge is 2.49. The number of hydrogen-bond acceptors (Lipinski definition) is 4. The number of nitrogens with two attached hydrogens (primary N) is 1. The summed E-state index contributed by atoms with van der Waals surface area (Å²) in [4.78, 5) is 16.9. The zero-order valence-corrected chi connectivity index (χ0v) is 15.2. The molecule has 2 fully saturated rings. The highest BCUT2D eigenvalue weighted by Crippen LogP contribution is 2.48. The Morgan fingerprint density at radius 1 is 1.27 bits per heavy atom. The van der Waals surface area contributed by atoms with Crippen molar-refractivity contribution in [2.24, 2.45) is 23.5 Å². The van der Waals surface area contributed by atoms with E-state index in [9.17, 15) is 4.79 Å². The smallest absolute Gasteiger partial charge is 0.229 e. The summed E-state index contributed by atoms with van der Waals surface area (Å²) in [6.45, 7) is 0.340. The predicted molar refractivity (Wildman–Crippen MR) is 101 cm³/mol. The van der Waals surface area contributed by atoms with Gasteiger partial charge in [-0.05, 0) is 61.4 Å². The Morgan fingerprint density at radius 3 is 2.81 bits per heavy atom. The number of carbonyl (C=O) groups excluding carboxylic acids is 1. The van der Waals surface area contributed by atoms with E-state index in [2.05, 4.69) is 10.3 Å². The van der Waals surface area contributed by atoms with Crippen molar-refractivity contribution in [3.8, 4) is 5.75 Å². The van der Waals surface area contributed by atoms with Crippen molar-refractivity contribution in [2.45, 2.75) is 31.9 Å². The van der Waals surface area contributed by atoms with E-state index < -0.39 is 0 Å². The maximum absolute atomic E-state index is 12.6. The number of hydrogen-bond donors (Lipinski definition) is 2. The molecule has 2 saturated carbocycles. The van der Waals surface area contributed by atoms with Gasteiger partial charge in [-0.15, -0.1) is 0 Å². The minimum Gasteiger partial charge on any atom is -0.486 e. The summed E-state index contributed by atoms with van der Waals surface area (Å²) >= 11 is 6.31. The second-order valence-corrected chi connectivity index (χ2v) is 7.59. The lowest BCUT2D eigenvalue weighted by atomic mass is 9.84. The average Bonchev–Trinajstić information content (AvgIpc) is 3.23. The van der Waals surface area contributed by atoms with Crippen molar-refractivity contribution in [1.82, 2.24) is 4.98 Å². The topological polar surface area (TPSA) is 77.2 Å². The lowest BCUT2D eigenvalue weighted by Gasteiger charge is -2.27. The molecule has 2 aromatic rings. The third-order valence-electron chi connectivity index (χ3n) is 5.58. The van der Waals surface area contributed by atoms with E-state index in [1.807, 2.05) is 18.2 Å². The van der Waals surface area contributed by atoms with Crippen molar-refractivity contribution in [3.05, 3.63) is 53.3 Å². The van der Waals surface area contributed by atoms with Crippen LogP contribution in [-0.4, -0.2) is 16.9 Å². The number of anilines is 1. The molecule has 0 aliphatic heterocycles. The summed E-state index contributed by atoms with van der Waals surface area (Å²) in [7, 11) is 0. The zero-order chi connectivity index (χ0) is 18.1. The number of amides is 1. The first-order valence-corrected chi connectivity index (χ1v) is 9.38. The normalized spacial score (nSPS) is 26.7. The van der Waals surface area contributed by atoms with Gasteiger partial charge in [0.1, 0.15) is 12.4 Å². The number of fused-ring (bicyclic) bond motifs is 2. The molecule has 2 aliphatic rings. The predicted octanol–water partition coefficient (Wildman–Crippen LogP) is 3.63. The lowest BCUT2D eigenvalue weighted by molar-refractivity contribution is -0.121. The lowest BCUT2D eigenvalue weighted by Crippen LogP contribution is -2.42. The molecule has 1 heterocycles. The Balaban J connectivity index is 1.39. The van der Waals surface area contributed by atoms with E-state index >= 15 is 0 Å². The maximum Gasteiger partial charge on any atom is 0.229 e. The van der Waals surface area contributed by atoms with Gasteiger partial charge in [0, 0.05) is 17.9 Å². The molecule has 136 valence electrons. The van der Waals surface area contributed by atoms with Crippen LogP contribution in [0.5, 0.6) is 5.75 Å². The number of halogens is 1. The minimum absolute atomic E-state index is 0.00270. The minimum atomic E-state index is -0.0902. The number of carbonyl (C=O) groups is 1. The van der Waals surface area contributed by atoms with Gasteiger partial charge in [0.2, 0.25) is 5.91 Å². The van der Waals surface area contributed by atoms with Crippen LogP contribution in [0.3, 0.4) is 0 Å². The van der Waals surface area contributed by atoms with Crippen molar-refractivity contribution < 1.29 is 9.53 Å². The van der Waals surface area contributed by atoms with E-state index in [0.29, 0.717) is 34.9 Å². The van der Waals surface area contributed by atoms with Crippen molar-refractivity contribution >= 4 is 23.2 Å². The SMILES string of the molecule is NC1C2CCC(C2)C1C(=O)Nc1ccc(OCc2ccccn2)c(Cl)c1. The van der Waals surface area contributed by atoms with Gasteiger partial charge >= 0.3 is 0 Å². The number of nitrogens with one attached hydrogen (secondary N) is 1. The van der Waals surface area contributed by atoms with Gasteiger partial charge in [-0.25, -0.2) is 0 Å². The monoisotopic (exact) mass is 371 g/mol. The van der Waals surface area contributed by atoms with Crippen LogP contribution in [0.25, 0.3) is 0 Å². The van der Waals surface area contributed by atoms with Crippen molar-refractivity contribution in [1.29, 1.82) is 0 Å². The number of benzene rings is 1. The van der Waals surface area contributed by atoms with Gasteiger partial charge in [0.25, 0.3) is 0 Å².